The van der Waals surface area contributed by atoms with Crippen molar-refractivity contribution in [1.82, 2.24) is 9.97 Å². The number of nitrogens with one attached hydrogen (secondary N) is 2. The zero-order valence-corrected chi connectivity index (χ0v) is 13.1. The van der Waals surface area contributed by atoms with Crippen molar-refractivity contribution in [2.24, 2.45) is 0 Å². The number of alkyl halides is 3. The minimum atomic E-state index is -4.39. The molecule has 0 spiro atoms. The van der Waals surface area contributed by atoms with E-state index in [0.717, 1.165) is 35.9 Å². The van der Waals surface area contributed by atoms with Gasteiger partial charge in [-0.2, -0.15) is 18.2 Å². The maximum atomic E-state index is 12.9. The van der Waals surface area contributed by atoms with Crippen LogP contribution in [0.15, 0.2) is 48.5 Å². The second-order valence-electron chi connectivity index (χ2n) is 6.04. The van der Waals surface area contributed by atoms with E-state index < -0.39 is 11.7 Å². The van der Waals surface area contributed by atoms with E-state index in [1.165, 1.54) is 6.07 Å². The van der Waals surface area contributed by atoms with Gasteiger partial charge in [-0.3, -0.25) is 0 Å². The van der Waals surface area contributed by atoms with Gasteiger partial charge >= 0.3 is 6.18 Å². The van der Waals surface area contributed by atoms with Gasteiger partial charge in [-0.1, -0.05) is 18.2 Å². The lowest BCUT2D eigenvalue weighted by Gasteiger charge is -2.12. The summed E-state index contributed by atoms with van der Waals surface area (Å²) in [6.45, 7) is 0. The number of rotatable bonds is 4. The van der Waals surface area contributed by atoms with Gasteiger partial charge in [-0.25, -0.2) is 4.98 Å². The first-order chi connectivity index (χ1) is 12.0. The summed E-state index contributed by atoms with van der Waals surface area (Å²) in [4.78, 5) is 8.86. The van der Waals surface area contributed by atoms with Crippen LogP contribution in [0.25, 0.3) is 10.9 Å². The first-order valence-electron chi connectivity index (χ1n) is 7.97. The average Bonchev–Trinajstić information content (AvgIpc) is 3.38. The van der Waals surface area contributed by atoms with Gasteiger partial charge in [0, 0.05) is 17.1 Å². The standard InChI is InChI=1S/C18H15F3N4/c19-18(20,21)11-4-3-5-13(10-11)23-17-24-15-7-2-1-6-14(15)16(25-17)22-12-8-9-12/h1-7,10,12H,8-9H2,(H2,22,23,24,25). The highest BCUT2D eigenvalue weighted by molar-refractivity contribution is 5.90. The maximum Gasteiger partial charge on any atom is 0.416 e. The van der Waals surface area contributed by atoms with Crippen molar-refractivity contribution < 1.29 is 13.2 Å². The Balaban J connectivity index is 1.69. The zero-order chi connectivity index (χ0) is 17.4. The van der Waals surface area contributed by atoms with E-state index in [1.54, 1.807) is 6.07 Å². The zero-order valence-electron chi connectivity index (χ0n) is 13.1. The van der Waals surface area contributed by atoms with Crippen LogP contribution in [-0.4, -0.2) is 16.0 Å². The van der Waals surface area contributed by atoms with Crippen molar-refractivity contribution in [2.75, 3.05) is 10.6 Å². The number of nitrogens with zero attached hydrogens (tertiary/aromatic N) is 2. The van der Waals surface area contributed by atoms with E-state index in [4.69, 9.17) is 0 Å². The molecular weight excluding hydrogens is 329 g/mol. The molecule has 7 heteroatoms. The molecule has 4 rings (SSSR count). The third-order valence-corrected chi connectivity index (χ3v) is 3.97. The van der Waals surface area contributed by atoms with Crippen molar-refractivity contribution in [3.8, 4) is 0 Å². The van der Waals surface area contributed by atoms with Crippen molar-refractivity contribution in [1.29, 1.82) is 0 Å². The Kier molecular flexibility index (Phi) is 3.71. The number of aromatic nitrogens is 2. The van der Waals surface area contributed by atoms with Crippen LogP contribution >= 0.6 is 0 Å². The molecule has 4 nitrogen and oxygen atoms in total. The van der Waals surface area contributed by atoms with Crippen LogP contribution in [-0.2, 0) is 6.18 Å². The summed E-state index contributed by atoms with van der Waals surface area (Å²) >= 11 is 0. The monoisotopic (exact) mass is 344 g/mol. The minimum absolute atomic E-state index is 0.265. The van der Waals surface area contributed by atoms with E-state index in [9.17, 15) is 13.2 Å². The van der Waals surface area contributed by atoms with Gasteiger partial charge in [0.05, 0.1) is 11.1 Å². The lowest BCUT2D eigenvalue weighted by Crippen LogP contribution is -2.08. The molecule has 0 amide bonds. The molecule has 2 N–H and O–H groups in total. The van der Waals surface area contributed by atoms with E-state index in [0.29, 0.717) is 17.5 Å². The van der Waals surface area contributed by atoms with E-state index >= 15 is 0 Å². The van der Waals surface area contributed by atoms with Gasteiger partial charge in [0.25, 0.3) is 0 Å². The number of halogens is 3. The molecule has 0 radical (unpaired) electrons. The predicted octanol–water partition coefficient (Wildman–Crippen LogP) is 4.97. The first kappa shape index (κ1) is 15.7. The average molecular weight is 344 g/mol. The van der Waals surface area contributed by atoms with Crippen LogP contribution < -0.4 is 10.6 Å². The molecule has 1 aromatic heterocycles. The first-order valence-corrected chi connectivity index (χ1v) is 7.97. The maximum absolute atomic E-state index is 12.9. The molecule has 1 saturated carbocycles. The molecule has 25 heavy (non-hydrogen) atoms. The smallest absolute Gasteiger partial charge is 0.367 e. The summed E-state index contributed by atoms with van der Waals surface area (Å²) in [6, 6.07) is 12.9. The molecule has 1 heterocycles. The van der Waals surface area contributed by atoms with Crippen molar-refractivity contribution >= 4 is 28.4 Å². The molecule has 0 bridgehead atoms. The highest BCUT2D eigenvalue weighted by Crippen LogP contribution is 2.32. The summed E-state index contributed by atoms with van der Waals surface area (Å²) in [7, 11) is 0. The van der Waals surface area contributed by atoms with E-state index in [-0.39, 0.29) is 5.95 Å². The van der Waals surface area contributed by atoms with Gasteiger partial charge in [0.2, 0.25) is 5.95 Å². The van der Waals surface area contributed by atoms with Crippen LogP contribution in [0.1, 0.15) is 18.4 Å². The van der Waals surface area contributed by atoms with E-state index in [2.05, 4.69) is 20.6 Å². The molecule has 0 atom stereocenters. The molecule has 0 saturated heterocycles. The normalized spacial score (nSPS) is 14.5. The molecular formula is C18H15F3N4. The third kappa shape index (κ3) is 3.50. The molecule has 1 fully saturated rings. The van der Waals surface area contributed by atoms with Crippen LogP contribution in [0.2, 0.25) is 0 Å². The predicted molar refractivity (Wildman–Crippen MR) is 90.9 cm³/mol. The number of benzene rings is 2. The van der Waals surface area contributed by atoms with Gasteiger partial charge in [0.15, 0.2) is 0 Å². The van der Waals surface area contributed by atoms with Gasteiger partial charge in [-0.05, 0) is 43.2 Å². The van der Waals surface area contributed by atoms with Gasteiger partial charge in [0.1, 0.15) is 5.82 Å². The van der Waals surface area contributed by atoms with Crippen LogP contribution in [0, 0.1) is 0 Å². The molecule has 1 aliphatic rings. The summed E-state index contributed by atoms with van der Waals surface area (Å²) in [5.74, 6) is 0.962. The highest BCUT2D eigenvalue weighted by Gasteiger charge is 2.30. The molecule has 0 aliphatic heterocycles. The molecule has 128 valence electrons. The lowest BCUT2D eigenvalue weighted by molar-refractivity contribution is -0.137. The fraction of sp³-hybridized carbons (Fsp3) is 0.222. The third-order valence-electron chi connectivity index (χ3n) is 3.97. The van der Waals surface area contributed by atoms with Crippen LogP contribution in [0.5, 0.6) is 0 Å². The Morgan fingerprint density at radius 1 is 0.960 bits per heavy atom. The Morgan fingerprint density at radius 3 is 2.52 bits per heavy atom. The molecule has 2 aromatic carbocycles. The number of para-hydroxylation sites is 1. The summed E-state index contributed by atoms with van der Waals surface area (Å²) in [5.41, 5.74) is 0.312. The van der Waals surface area contributed by atoms with Crippen LogP contribution in [0.3, 0.4) is 0 Å². The minimum Gasteiger partial charge on any atom is -0.367 e. The number of anilines is 3. The highest BCUT2D eigenvalue weighted by atomic mass is 19.4. The summed E-state index contributed by atoms with van der Waals surface area (Å²) < 4.78 is 38.6. The number of hydrogen-bond donors (Lipinski definition) is 2. The SMILES string of the molecule is FC(F)(F)c1cccc(Nc2nc(NC3CC3)c3ccccc3n2)c1. The van der Waals surface area contributed by atoms with Crippen molar-refractivity contribution in [2.45, 2.75) is 25.1 Å². The number of fused-ring (bicyclic) bond motifs is 1. The Morgan fingerprint density at radius 2 is 1.76 bits per heavy atom. The van der Waals surface area contributed by atoms with Crippen molar-refractivity contribution in [3.05, 3.63) is 54.1 Å². The largest absolute Gasteiger partial charge is 0.416 e. The quantitative estimate of drug-likeness (QED) is 0.702. The number of hydrogen-bond acceptors (Lipinski definition) is 4. The Bertz CT molecular complexity index is 920. The fourth-order valence-corrected chi connectivity index (χ4v) is 2.57. The lowest BCUT2D eigenvalue weighted by atomic mass is 10.2. The Hall–Kier alpha value is -2.83. The summed E-state index contributed by atoms with van der Waals surface area (Å²) in [6.07, 6.45) is -2.20. The topological polar surface area (TPSA) is 49.8 Å². The fourth-order valence-electron chi connectivity index (χ4n) is 2.57. The van der Waals surface area contributed by atoms with Crippen molar-refractivity contribution in [3.63, 3.8) is 0 Å². The Labute approximate surface area is 142 Å². The second kappa shape index (κ2) is 5.91. The molecule has 3 aromatic rings. The second-order valence-corrected chi connectivity index (χ2v) is 6.04. The van der Waals surface area contributed by atoms with E-state index in [1.807, 2.05) is 24.3 Å². The van der Waals surface area contributed by atoms with Gasteiger partial charge in [-0.15, -0.1) is 0 Å². The summed E-state index contributed by atoms with van der Waals surface area (Å²) in [5, 5.41) is 7.12. The van der Waals surface area contributed by atoms with Crippen LogP contribution in [0.4, 0.5) is 30.6 Å². The molecule has 1 aliphatic carbocycles. The van der Waals surface area contributed by atoms with Gasteiger partial charge < -0.3 is 10.6 Å². The molecule has 0 unspecified atom stereocenters.